The summed E-state index contributed by atoms with van der Waals surface area (Å²) in [6, 6.07) is -0.872. The molecule has 8 heteroatoms. The number of rotatable bonds is 7. The zero-order valence-electron chi connectivity index (χ0n) is 12.8. The minimum absolute atomic E-state index is 0.0291. The number of aliphatic carboxylic acids is 1. The molecule has 0 bridgehead atoms. The van der Waals surface area contributed by atoms with Gasteiger partial charge in [-0.3, -0.25) is 9.59 Å². The van der Waals surface area contributed by atoms with Gasteiger partial charge in [-0.1, -0.05) is 13.8 Å². The molecule has 0 aromatic carbocycles. The summed E-state index contributed by atoms with van der Waals surface area (Å²) in [5.41, 5.74) is -0.905. The number of hydrogen-bond acceptors (Lipinski definition) is 4. The van der Waals surface area contributed by atoms with Gasteiger partial charge in [0.25, 0.3) is 0 Å². The van der Waals surface area contributed by atoms with Crippen molar-refractivity contribution in [2.24, 2.45) is 5.41 Å². The standard InChI is InChI=1S/C13H24N2O5S/c1-4-8-21(19,20)14-10(3)11(16)15-7-6-13(5-2,9-15)12(17)18/h10,14H,4-9H2,1-3H3,(H,17,18). The first-order chi connectivity index (χ1) is 9.67. The number of sulfonamides is 1. The molecule has 0 aliphatic carbocycles. The topological polar surface area (TPSA) is 104 Å². The molecule has 21 heavy (non-hydrogen) atoms. The van der Waals surface area contributed by atoms with E-state index in [-0.39, 0.29) is 18.2 Å². The molecule has 2 N–H and O–H groups in total. The Morgan fingerprint density at radius 2 is 2.00 bits per heavy atom. The Balaban J connectivity index is 2.71. The summed E-state index contributed by atoms with van der Waals surface area (Å²) in [5, 5.41) is 9.31. The van der Waals surface area contributed by atoms with Crippen molar-refractivity contribution in [2.45, 2.75) is 46.1 Å². The summed E-state index contributed by atoms with van der Waals surface area (Å²) in [7, 11) is -3.47. The lowest BCUT2D eigenvalue weighted by Gasteiger charge is -2.25. The van der Waals surface area contributed by atoms with Gasteiger partial charge in [0.05, 0.1) is 17.2 Å². The summed E-state index contributed by atoms with van der Waals surface area (Å²) < 4.78 is 25.7. The molecule has 1 saturated heterocycles. The van der Waals surface area contributed by atoms with Crippen molar-refractivity contribution in [3.63, 3.8) is 0 Å². The third kappa shape index (κ3) is 4.16. The third-order valence-corrected chi connectivity index (χ3v) is 5.65. The van der Waals surface area contributed by atoms with Gasteiger partial charge in [0.15, 0.2) is 0 Å². The van der Waals surface area contributed by atoms with Crippen molar-refractivity contribution in [1.82, 2.24) is 9.62 Å². The van der Waals surface area contributed by atoms with E-state index in [2.05, 4.69) is 4.72 Å². The second kappa shape index (κ2) is 6.74. The van der Waals surface area contributed by atoms with Gasteiger partial charge in [-0.25, -0.2) is 13.1 Å². The van der Waals surface area contributed by atoms with Crippen LogP contribution in [0.2, 0.25) is 0 Å². The number of nitrogens with zero attached hydrogens (tertiary/aromatic N) is 1. The van der Waals surface area contributed by atoms with E-state index in [9.17, 15) is 23.1 Å². The number of carbonyl (C=O) groups excluding carboxylic acids is 1. The van der Waals surface area contributed by atoms with Gasteiger partial charge in [-0.05, 0) is 26.2 Å². The molecule has 1 fully saturated rings. The highest BCUT2D eigenvalue weighted by Crippen LogP contribution is 2.34. The van der Waals surface area contributed by atoms with Gasteiger partial charge in [-0.2, -0.15) is 0 Å². The van der Waals surface area contributed by atoms with Crippen molar-refractivity contribution in [3.05, 3.63) is 0 Å². The molecule has 1 heterocycles. The van der Waals surface area contributed by atoms with Crippen molar-refractivity contribution < 1.29 is 23.1 Å². The van der Waals surface area contributed by atoms with E-state index in [0.717, 1.165) is 0 Å². The molecule has 0 aromatic heterocycles. The normalized spacial score (nSPS) is 24.0. The van der Waals surface area contributed by atoms with Crippen LogP contribution in [0.15, 0.2) is 0 Å². The first kappa shape index (κ1) is 17.9. The molecular formula is C13H24N2O5S. The molecule has 0 spiro atoms. The predicted molar refractivity (Wildman–Crippen MR) is 78.2 cm³/mol. The first-order valence-electron chi connectivity index (χ1n) is 7.19. The monoisotopic (exact) mass is 320 g/mol. The number of likely N-dealkylation sites (tertiary alicyclic amines) is 1. The van der Waals surface area contributed by atoms with Crippen LogP contribution in [0.5, 0.6) is 0 Å². The number of carboxylic acid groups (broad SMARTS) is 1. The summed E-state index contributed by atoms with van der Waals surface area (Å²) >= 11 is 0. The maximum atomic E-state index is 12.3. The lowest BCUT2D eigenvalue weighted by atomic mass is 9.84. The minimum atomic E-state index is -3.47. The van der Waals surface area contributed by atoms with Gasteiger partial charge in [-0.15, -0.1) is 0 Å². The van der Waals surface area contributed by atoms with Crippen molar-refractivity contribution in [2.75, 3.05) is 18.8 Å². The SMILES string of the molecule is CCCS(=O)(=O)NC(C)C(=O)N1CCC(CC)(C(=O)O)C1. The molecule has 1 rings (SSSR count). The predicted octanol–water partition coefficient (Wildman–Crippen LogP) is 0.418. The summed E-state index contributed by atoms with van der Waals surface area (Å²) in [5.74, 6) is -1.30. The second-order valence-electron chi connectivity index (χ2n) is 5.61. The van der Waals surface area contributed by atoms with Crippen LogP contribution in [0, 0.1) is 5.41 Å². The molecule has 7 nitrogen and oxygen atoms in total. The molecule has 1 aliphatic heterocycles. The molecule has 2 atom stereocenters. The molecule has 0 radical (unpaired) electrons. The quantitative estimate of drug-likeness (QED) is 0.707. The Morgan fingerprint density at radius 1 is 1.38 bits per heavy atom. The minimum Gasteiger partial charge on any atom is -0.481 e. The maximum Gasteiger partial charge on any atom is 0.311 e. The third-order valence-electron chi connectivity index (χ3n) is 4.00. The fraction of sp³-hybridized carbons (Fsp3) is 0.846. The van der Waals surface area contributed by atoms with Gasteiger partial charge in [0.1, 0.15) is 0 Å². The molecule has 1 aliphatic rings. The Hall–Kier alpha value is -1.15. The van der Waals surface area contributed by atoms with E-state index in [4.69, 9.17) is 0 Å². The average Bonchev–Trinajstić information content (AvgIpc) is 2.82. The molecule has 1 amide bonds. The Bertz CT molecular complexity index is 505. The number of carboxylic acids is 1. The van der Waals surface area contributed by atoms with E-state index in [1.54, 1.807) is 13.8 Å². The lowest BCUT2D eigenvalue weighted by molar-refractivity contribution is -0.148. The largest absolute Gasteiger partial charge is 0.481 e. The number of carbonyl (C=O) groups is 2. The van der Waals surface area contributed by atoms with Crippen LogP contribution in [0.4, 0.5) is 0 Å². The van der Waals surface area contributed by atoms with Crippen LogP contribution in [-0.2, 0) is 19.6 Å². The smallest absolute Gasteiger partial charge is 0.311 e. The zero-order chi connectivity index (χ0) is 16.3. The number of nitrogens with one attached hydrogen (secondary N) is 1. The fourth-order valence-corrected chi connectivity index (χ4v) is 3.89. The van der Waals surface area contributed by atoms with E-state index >= 15 is 0 Å². The van der Waals surface area contributed by atoms with Crippen LogP contribution in [0.25, 0.3) is 0 Å². The van der Waals surface area contributed by atoms with E-state index in [1.807, 2.05) is 0 Å². The molecule has 0 aromatic rings. The van der Waals surface area contributed by atoms with Crippen LogP contribution in [-0.4, -0.2) is 55.2 Å². The molecule has 0 saturated carbocycles. The summed E-state index contributed by atoms with van der Waals surface area (Å²) in [6.07, 6.45) is 1.32. The van der Waals surface area contributed by atoms with Crippen molar-refractivity contribution in [3.8, 4) is 0 Å². The second-order valence-corrected chi connectivity index (χ2v) is 7.48. The molecule has 122 valence electrons. The Morgan fingerprint density at radius 3 is 2.43 bits per heavy atom. The van der Waals surface area contributed by atoms with Crippen molar-refractivity contribution in [1.29, 1.82) is 0 Å². The van der Waals surface area contributed by atoms with E-state index < -0.39 is 27.4 Å². The fourth-order valence-electron chi connectivity index (χ4n) is 2.60. The summed E-state index contributed by atoms with van der Waals surface area (Å²) in [6.45, 7) is 5.50. The number of amides is 1. The van der Waals surface area contributed by atoms with Crippen molar-refractivity contribution >= 4 is 21.9 Å². The molecular weight excluding hydrogens is 296 g/mol. The Labute approximate surface area is 125 Å². The lowest BCUT2D eigenvalue weighted by Crippen LogP contribution is -2.47. The number of hydrogen-bond donors (Lipinski definition) is 2. The van der Waals surface area contributed by atoms with E-state index in [0.29, 0.717) is 25.8 Å². The van der Waals surface area contributed by atoms with Gasteiger partial charge in [0, 0.05) is 13.1 Å². The molecule has 2 unspecified atom stereocenters. The van der Waals surface area contributed by atoms with Crippen LogP contribution in [0.1, 0.15) is 40.0 Å². The zero-order valence-corrected chi connectivity index (χ0v) is 13.6. The maximum absolute atomic E-state index is 12.3. The highest BCUT2D eigenvalue weighted by atomic mass is 32.2. The van der Waals surface area contributed by atoms with Crippen LogP contribution >= 0.6 is 0 Å². The first-order valence-corrected chi connectivity index (χ1v) is 8.85. The van der Waals surface area contributed by atoms with Gasteiger partial charge >= 0.3 is 5.97 Å². The van der Waals surface area contributed by atoms with Gasteiger partial charge in [0.2, 0.25) is 15.9 Å². The van der Waals surface area contributed by atoms with Crippen LogP contribution < -0.4 is 4.72 Å². The van der Waals surface area contributed by atoms with Crippen LogP contribution in [0.3, 0.4) is 0 Å². The Kier molecular flexibility index (Phi) is 5.75. The highest BCUT2D eigenvalue weighted by molar-refractivity contribution is 7.89. The highest BCUT2D eigenvalue weighted by Gasteiger charge is 2.45. The van der Waals surface area contributed by atoms with Gasteiger partial charge < -0.3 is 10.0 Å². The average molecular weight is 320 g/mol. The summed E-state index contributed by atoms with van der Waals surface area (Å²) in [4.78, 5) is 25.1. The van der Waals surface area contributed by atoms with E-state index in [1.165, 1.54) is 11.8 Å².